The largest absolute Gasteiger partial charge is 0.489 e. The van der Waals surface area contributed by atoms with E-state index in [0.717, 1.165) is 12.1 Å². The third kappa shape index (κ3) is 3.44. The lowest BCUT2D eigenvalue weighted by molar-refractivity contribution is 0.255. The summed E-state index contributed by atoms with van der Waals surface area (Å²) in [6.07, 6.45) is 0.706. The highest BCUT2D eigenvalue weighted by Gasteiger charge is 2.25. The molecule has 7 heteroatoms. The molecule has 1 heterocycles. The Hall–Kier alpha value is -0.820. The molecule has 112 valence electrons. The van der Waals surface area contributed by atoms with Crippen molar-refractivity contribution in [3.05, 3.63) is 22.7 Å². The minimum atomic E-state index is -3.53. The average molecular weight is 319 g/mol. The summed E-state index contributed by atoms with van der Waals surface area (Å²) in [6, 6.07) is 3.08. The van der Waals surface area contributed by atoms with Crippen molar-refractivity contribution in [3.63, 3.8) is 0 Å². The van der Waals surface area contributed by atoms with E-state index in [1.165, 1.54) is 6.07 Å². The zero-order valence-electron chi connectivity index (χ0n) is 11.6. The maximum absolute atomic E-state index is 12.2. The predicted octanol–water partition coefficient (Wildman–Crippen LogP) is 1.55. The summed E-state index contributed by atoms with van der Waals surface area (Å²) < 4.78 is 32.5. The van der Waals surface area contributed by atoms with E-state index < -0.39 is 10.0 Å². The monoisotopic (exact) mass is 318 g/mol. The van der Waals surface area contributed by atoms with Crippen LogP contribution in [-0.2, 0) is 16.4 Å². The van der Waals surface area contributed by atoms with Crippen LogP contribution in [0.5, 0.6) is 5.75 Å². The van der Waals surface area contributed by atoms with Crippen molar-refractivity contribution in [2.45, 2.75) is 31.3 Å². The molecular weight excluding hydrogens is 300 g/mol. The van der Waals surface area contributed by atoms with Crippen LogP contribution in [0.4, 0.5) is 0 Å². The Balaban J connectivity index is 2.17. The van der Waals surface area contributed by atoms with E-state index in [9.17, 15) is 8.42 Å². The third-order valence-corrected chi connectivity index (χ3v) is 4.80. The number of ether oxygens (including phenoxy) is 1. The molecule has 0 bridgehead atoms. The van der Waals surface area contributed by atoms with Crippen molar-refractivity contribution in [2.24, 2.45) is 0 Å². The quantitative estimate of drug-likeness (QED) is 0.781. The van der Waals surface area contributed by atoms with E-state index in [0.29, 0.717) is 30.3 Å². The van der Waals surface area contributed by atoms with Crippen molar-refractivity contribution >= 4 is 21.6 Å². The van der Waals surface area contributed by atoms with Crippen LogP contribution in [0.3, 0.4) is 0 Å². The Bertz CT molecular complexity index is 590. The summed E-state index contributed by atoms with van der Waals surface area (Å²) in [5, 5.41) is 3.40. The second kappa shape index (κ2) is 6.30. The molecule has 0 saturated carbocycles. The van der Waals surface area contributed by atoms with E-state index in [4.69, 9.17) is 16.3 Å². The molecule has 5 nitrogen and oxygen atoms in total. The van der Waals surface area contributed by atoms with E-state index in [1.807, 2.05) is 13.8 Å². The molecule has 0 aliphatic carbocycles. The zero-order valence-corrected chi connectivity index (χ0v) is 13.1. The van der Waals surface area contributed by atoms with Crippen LogP contribution in [0, 0.1) is 0 Å². The smallest absolute Gasteiger partial charge is 0.240 e. The Morgan fingerprint density at radius 2 is 2.15 bits per heavy atom. The lowest BCUT2D eigenvalue weighted by Crippen LogP contribution is -2.31. The Kier molecular flexibility index (Phi) is 4.90. The summed E-state index contributed by atoms with van der Waals surface area (Å²) in [5.74, 6) is 0.603. The van der Waals surface area contributed by atoms with Crippen LogP contribution in [0.25, 0.3) is 0 Å². The molecule has 1 aromatic rings. The van der Waals surface area contributed by atoms with Crippen molar-refractivity contribution in [1.29, 1.82) is 0 Å². The lowest BCUT2D eigenvalue weighted by atomic mass is 10.1. The summed E-state index contributed by atoms with van der Waals surface area (Å²) in [4.78, 5) is 0.190. The fraction of sp³-hybridized carbons (Fsp3) is 0.538. The van der Waals surface area contributed by atoms with Gasteiger partial charge in [-0.1, -0.05) is 18.5 Å². The van der Waals surface area contributed by atoms with Gasteiger partial charge in [-0.3, -0.25) is 0 Å². The van der Waals surface area contributed by atoms with Crippen molar-refractivity contribution in [2.75, 3.05) is 19.6 Å². The molecule has 1 atom stereocenters. The molecule has 0 saturated heterocycles. The van der Waals surface area contributed by atoms with Crippen molar-refractivity contribution < 1.29 is 13.2 Å². The SMILES string of the molecule is CCNCCNS(=O)(=O)c1cc(Cl)c2c(c1)CC(C)O2. The van der Waals surface area contributed by atoms with Gasteiger partial charge in [0.2, 0.25) is 10.0 Å². The standard InChI is InChI=1S/C13H19ClN2O3S/c1-3-15-4-5-16-20(17,18)11-7-10-6-9(2)19-13(10)12(14)8-11/h7-9,15-16H,3-6H2,1-2H3. The molecule has 1 aliphatic heterocycles. The molecule has 20 heavy (non-hydrogen) atoms. The minimum absolute atomic E-state index is 0.0298. The van der Waals surface area contributed by atoms with E-state index >= 15 is 0 Å². The van der Waals surface area contributed by atoms with E-state index in [2.05, 4.69) is 10.0 Å². The number of nitrogens with one attached hydrogen (secondary N) is 2. The summed E-state index contributed by atoms with van der Waals surface area (Å²) in [5.41, 5.74) is 0.844. The number of fused-ring (bicyclic) bond motifs is 1. The molecule has 0 aromatic heterocycles. The van der Waals surface area contributed by atoms with Gasteiger partial charge in [-0.2, -0.15) is 0 Å². The lowest BCUT2D eigenvalue weighted by Gasteiger charge is -2.09. The first-order valence-electron chi connectivity index (χ1n) is 6.63. The molecular formula is C13H19ClN2O3S. The highest BCUT2D eigenvalue weighted by atomic mass is 35.5. The molecule has 1 aliphatic rings. The first kappa shape index (κ1) is 15.6. The van der Waals surface area contributed by atoms with Crippen LogP contribution >= 0.6 is 11.6 Å². The number of hydrogen-bond acceptors (Lipinski definition) is 4. The fourth-order valence-corrected chi connectivity index (χ4v) is 3.60. The number of hydrogen-bond donors (Lipinski definition) is 2. The van der Waals surface area contributed by atoms with E-state index in [-0.39, 0.29) is 11.0 Å². The highest BCUT2D eigenvalue weighted by Crippen LogP contribution is 2.37. The van der Waals surface area contributed by atoms with Crippen LogP contribution in [-0.4, -0.2) is 34.2 Å². The van der Waals surface area contributed by atoms with Gasteiger partial charge in [0.1, 0.15) is 11.9 Å². The van der Waals surface area contributed by atoms with Gasteiger partial charge in [-0.05, 0) is 25.6 Å². The number of rotatable bonds is 6. The molecule has 2 N–H and O–H groups in total. The highest BCUT2D eigenvalue weighted by molar-refractivity contribution is 7.89. The normalized spacial score (nSPS) is 17.9. The van der Waals surface area contributed by atoms with Gasteiger partial charge >= 0.3 is 0 Å². The maximum atomic E-state index is 12.2. The van der Waals surface area contributed by atoms with Crippen LogP contribution in [0.1, 0.15) is 19.4 Å². The van der Waals surface area contributed by atoms with Gasteiger partial charge in [0, 0.05) is 25.1 Å². The van der Waals surface area contributed by atoms with Crippen LogP contribution in [0.2, 0.25) is 5.02 Å². The zero-order chi connectivity index (χ0) is 14.8. The summed E-state index contributed by atoms with van der Waals surface area (Å²) >= 11 is 6.10. The average Bonchev–Trinajstić information content (AvgIpc) is 2.76. The number of benzene rings is 1. The molecule has 1 unspecified atom stereocenters. The summed E-state index contributed by atoms with van der Waals surface area (Å²) in [6.45, 7) is 5.64. The Morgan fingerprint density at radius 1 is 1.40 bits per heavy atom. The molecule has 0 fully saturated rings. The number of sulfonamides is 1. The first-order chi connectivity index (χ1) is 9.44. The second-order valence-electron chi connectivity index (χ2n) is 4.78. The summed E-state index contributed by atoms with van der Waals surface area (Å²) in [7, 11) is -3.53. The van der Waals surface area contributed by atoms with Gasteiger partial charge in [-0.25, -0.2) is 13.1 Å². The molecule has 2 rings (SSSR count). The molecule has 0 radical (unpaired) electrons. The minimum Gasteiger partial charge on any atom is -0.489 e. The van der Waals surface area contributed by atoms with Gasteiger partial charge < -0.3 is 10.1 Å². The maximum Gasteiger partial charge on any atom is 0.240 e. The van der Waals surface area contributed by atoms with E-state index in [1.54, 1.807) is 6.07 Å². The van der Waals surface area contributed by atoms with Crippen molar-refractivity contribution in [1.82, 2.24) is 10.0 Å². The Morgan fingerprint density at radius 3 is 2.85 bits per heavy atom. The first-order valence-corrected chi connectivity index (χ1v) is 8.49. The third-order valence-electron chi connectivity index (χ3n) is 3.07. The second-order valence-corrected chi connectivity index (χ2v) is 6.95. The van der Waals surface area contributed by atoms with Gasteiger partial charge in [-0.15, -0.1) is 0 Å². The molecule has 0 amide bonds. The molecule has 1 aromatic carbocycles. The van der Waals surface area contributed by atoms with Gasteiger partial charge in [0.25, 0.3) is 0 Å². The van der Waals surface area contributed by atoms with Gasteiger partial charge in [0.05, 0.1) is 9.92 Å². The number of likely N-dealkylation sites (N-methyl/N-ethyl adjacent to an activating group) is 1. The number of halogens is 1. The fourth-order valence-electron chi connectivity index (χ4n) is 2.15. The van der Waals surface area contributed by atoms with Crippen molar-refractivity contribution in [3.8, 4) is 5.75 Å². The Labute approximate surface area is 124 Å². The molecule has 0 spiro atoms. The van der Waals surface area contributed by atoms with Crippen LogP contribution < -0.4 is 14.8 Å². The van der Waals surface area contributed by atoms with Gasteiger partial charge in [0.15, 0.2) is 0 Å². The predicted molar refractivity (Wildman–Crippen MR) is 79.0 cm³/mol. The van der Waals surface area contributed by atoms with Crippen LogP contribution in [0.15, 0.2) is 17.0 Å². The topological polar surface area (TPSA) is 67.4 Å².